The maximum Gasteiger partial charge on any atom is 0.115 e. The predicted octanol–water partition coefficient (Wildman–Crippen LogP) is 3.59. The smallest absolute Gasteiger partial charge is 0.115 e. The van der Waals surface area contributed by atoms with Crippen LogP contribution in [0.1, 0.15) is 19.4 Å². The molecule has 2 heteroatoms. The van der Waals surface area contributed by atoms with Gasteiger partial charge in [-0.25, -0.2) is 0 Å². The molecule has 0 radical (unpaired) electrons. The number of ether oxygens (including phenoxy) is 1. The van der Waals surface area contributed by atoms with Crippen LogP contribution in [-0.4, -0.2) is 11.7 Å². The van der Waals surface area contributed by atoms with Gasteiger partial charge in [0.15, 0.2) is 0 Å². The second-order valence-corrected chi connectivity index (χ2v) is 2.95. The molecule has 1 aromatic carbocycles. The molecule has 0 aromatic heterocycles. The van der Waals surface area contributed by atoms with Crippen molar-refractivity contribution >= 4 is 5.57 Å². The third-order valence-electron chi connectivity index (χ3n) is 1.64. The number of benzene rings is 1. The molecular weight excluding hydrogens is 188 g/mol. The lowest BCUT2D eigenvalue weighted by Crippen LogP contribution is -1.74. The molecule has 2 nitrogen and oxygen atoms in total. The molecule has 1 rings (SSSR count). The van der Waals surface area contributed by atoms with Gasteiger partial charge < -0.3 is 9.84 Å². The summed E-state index contributed by atoms with van der Waals surface area (Å²) in [6.07, 6.45) is 1.43. The van der Waals surface area contributed by atoms with Gasteiger partial charge in [-0.15, -0.1) is 0 Å². The molecule has 15 heavy (non-hydrogen) atoms. The van der Waals surface area contributed by atoms with E-state index in [1.54, 1.807) is 12.1 Å². The molecule has 0 unspecified atom stereocenters. The van der Waals surface area contributed by atoms with Gasteiger partial charge in [-0.05, 0) is 31.5 Å². The highest BCUT2D eigenvalue weighted by molar-refractivity contribution is 5.61. The summed E-state index contributed by atoms with van der Waals surface area (Å²) in [5.41, 5.74) is 2.08. The molecule has 1 aromatic rings. The van der Waals surface area contributed by atoms with Crippen LogP contribution in [0, 0.1) is 0 Å². The lowest BCUT2D eigenvalue weighted by Gasteiger charge is -1.97. The monoisotopic (exact) mass is 206 g/mol. The molecule has 0 amide bonds. The third-order valence-corrected chi connectivity index (χ3v) is 1.64. The first-order valence-electron chi connectivity index (χ1n) is 4.79. The van der Waals surface area contributed by atoms with Crippen molar-refractivity contribution in [3.8, 4) is 5.75 Å². The highest BCUT2D eigenvalue weighted by Gasteiger charge is 1.90. The van der Waals surface area contributed by atoms with Crippen LogP contribution in [0.5, 0.6) is 5.75 Å². The summed E-state index contributed by atoms with van der Waals surface area (Å²) in [7, 11) is 0. The maximum atomic E-state index is 8.91. The Labute approximate surface area is 91.5 Å². The van der Waals surface area contributed by atoms with Gasteiger partial charge in [0.25, 0.3) is 0 Å². The molecule has 1 N–H and O–H groups in total. The summed E-state index contributed by atoms with van der Waals surface area (Å²) in [6.45, 7) is 11.7. The number of phenols is 1. The topological polar surface area (TPSA) is 29.5 Å². The van der Waals surface area contributed by atoms with E-state index in [1.165, 1.54) is 6.26 Å². The van der Waals surface area contributed by atoms with Gasteiger partial charge in [0.05, 0.1) is 12.9 Å². The first kappa shape index (κ1) is 13.3. The molecule has 0 saturated carbocycles. The number of hydrogen-bond acceptors (Lipinski definition) is 2. The SMILES string of the molecule is C=C(C)c1ccc(O)cc1.C=COCC. The van der Waals surface area contributed by atoms with E-state index >= 15 is 0 Å². The van der Waals surface area contributed by atoms with Crippen molar-refractivity contribution in [1.82, 2.24) is 0 Å². The molecule has 0 atom stereocenters. The van der Waals surface area contributed by atoms with E-state index in [0.717, 1.165) is 17.7 Å². The molecule has 0 bridgehead atoms. The van der Waals surface area contributed by atoms with Crippen LogP contribution in [0.2, 0.25) is 0 Å². The lowest BCUT2D eigenvalue weighted by molar-refractivity contribution is 0.270. The number of phenolic OH excluding ortho intramolecular Hbond substituents is 1. The minimum Gasteiger partial charge on any atom is -0.508 e. The van der Waals surface area contributed by atoms with Crippen molar-refractivity contribution in [2.45, 2.75) is 13.8 Å². The molecule has 0 spiro atoms. The Bertz CT molecular complexity index is 299. The molecular formula is C13H18O2. The summed E-state index contributed by atoms with van der Waals surface area (Å²) in [5, 5.41) is 8.91. The second-order valence-electron chi connectivity index (χ2n) is 2.95. The molecule has 0 aliphatic rings. The summed E-state index contributed by atoms with van der Waals surface area (Å²) in [5.74, 6) is 0.296. The van der Waals surface area contributed by atoms with Gasteiger partial charge in [-0.2, -0.15) is 0 Å². The normalized spacial score (nSPS) is 8.40. The van der Waals surface area contributed by atoms with Crippen molar-refractivity contribution in [3.63, 3.8) is 0 Å². The van der Waals surface area contributed by atoms with Crippen LogP contribution < -0.4 is 0 Å². The molecule has 0 saturated heterocycles. The van der Waals surface area contributed by atoms with E-state index in [1.807, 2.05) is 26.0 Å². The van der Waals surface area contributed by atoms with Crippen molar-refractivity contribution in [2.75, 3.05) is 6.61 Å². The first-order valence-corrected chi connectivity index (χ1v) is 4.79. The standard InChI is InChI=1S/C9H10O.C4H8O/c1-7(2)8-3-5-9(10)6-4-8;1-3-5-4-2/h3-6,10H,1H2,2H3;3H,1,4H2,2H3. The first-order chi connectivity index (χ1) is 7.11. The highest BCUT2D eigenvalue weighted by Crippen LogP contribution is 2.14. The lowest BCUT2D eigenvalue weighted by atomic mass is 10.1. The summed E-state index contributed by atoms with van der Waals surface area (Å²) < 4.78 is 4.60. The average Bonchev–Trinajstić information content (AvgIpc) is 2.20. The Hall–Kier alpha value is -1.70. The van der Waals surface area contributed by atoms with Gasteiger partial charge in [0, 0.05) is 0 Å². The largest absolute Gasteiger partial charge is 0.508 e. The fourth-order valence-electron chi connectivity index (χ4n) is 0.864. The van der Waals surface area contributed by atoms with E-state index in [-0.39, 0.29) is 0 Å². The summed E-state index contributed by atoms with van der Waals surface area (Å²) in [6, 6.07) is 7.00. The van der Waals surface area contributed by atoms with Gasteiger partial charge in [-0.3, -0.25) is 0 Å². The van der Waals surface area contributed by atoms with Gasteiger partial charge in [-0.1, -0.05) is 30.9 Å². The Kier molecular flexibility index (Phi) is 6.81. The molecule has 0 aliphatic heterocycles. The number of aromatic hydroxyl groups is 1. The third kappa shape index (κ3) is 6.38. The van der Waals surface area contributed by atoms with E-state index in [2.05, 4.69) is 17.9 Å². The predicted molar refractivity (Wildman–Crippen MR) is 64.6 cm³/mol. The minimum atomic E-state index is 0.296. The number of rotatable bonds is 3. The van der Waals surface area contributed by atoms with Gasteiger partial charge >= 0.3 is 0 Å². The van der Waals surface area contributed by atoms with Crippen LogP contribution in [0.3, 0.4) is 0 Å². The van der Waals surface area contributed by atoms with Crippen molar-refractivity contribution in [1.29, 1.82) is 0 Å². The van der Waals surface area contributed by atoms with E-state index in [9.17, 15) is 0 Å². The molecule has 82 valence electrons. The highest BCUT2D eigenvalue weighted by atomic mass is 16.5. The van der Waals surface area contributed by atoms with E-state index in [0.29, 0.717) is 5.75 Å². The Morgan fingerprint density at radius 1 is 1.40 bits per heavy atom. The quantitative estimate of drug-likeness (QED) is 0.766. The molecule has 0 fully saturated rings. The van der Waals surface area contributed by atoms with Crippen molar-refractivity contribution in [2.24, 2.45) is 0 Å². The van der Waals surface area contributed by atoms with Crippen molar-refractivity contribution < 1.29 is 9.84 Å². The van der Waals surface area contributed by atoms with Crippen LogP contribution in [0.25, 0.3) is 5.57 Å². The maximum absolute atomic E-state index is 8.91. The molecule has 0 heterocycles. The van der Waals surface area contributed by atoms with Gasteiger partial charge in [0.1, 0.15) is 5.75 Å². The minimum absolute atomic E-state index is 0.296. The Balaban J connectivity index is 0.000000336. The number of allylic oxidation sites excluding steroid dienone is 1. The van der Waals surface area contributed by atoms with Crippen LogP contribution in [0.4, 0.5) is 0 Å². The fourth-order valence-corrected chi connectivity index (χ4v) is 0.864. The van der Waals surface area contributed by atoms with Crippen molar-refractivity contribution in [3.05, 3.63) is 49.2 Å². The molecule has 0 aliphatic carbocycles. The zero-order valence-electron chi connectivity index (χ0n) is 9.36. The average molecular weight is 206 g/mol. The fraction of sp³-hybridized carbons (Fsp3) is 0.231. The zero-order valence-corrected chi connectivity index (χ0v) is 9.36. The number of hydrogen-bond donors (Lipinski definition) is 1. The van der Waals surface area contributed by atoms with E-state index in [4.69, 9.17) is 5.11 Å². The summed E-state index contributed by atoms with van der Waals surface area (Å²) >= 11 is 0. The van der Waals surface area contributed by atoms with Crippen LogP contribution >= 0.6 is 0 Å². The second kappa shape index (κ2) is 7.68. The van der Waals surface area contributed by atoms with Gasteiger partial charge in [0.2, 0.25) is 0 Å². The van der Waals surface area contributed by atoms with Crippen LogP contribution in [-0.2, 0) is 4.74 Å². The van der Waals surface area contributed by atoms with Crippen LogP contribution in [0.15, 0.2) is 43.7 Å². The Morgan fingerprint density at radius 2 is 1.93 bits per heavy atom. The van der Waals surface area contributed by atoms with E-state index < -0.39 is 0 Å². The zero-order chi connectivity index (χ0) is 11.7. The summed E-state index contributed by atoms with van der Waals surface area (Å²) in [4.78, 5) is 0. The Morgan fingerprint density at radius 3 is 2.20 bits per heavy atom.